The summed E-state index contributed by atoms with van der Waals surface area (Å²) in [5.41, 5.74) is 5.29. The van der Waals surface area contributed by atoms with E-state index in [0.29, 0.717) is 19.3 Å². The van der Waals surface area contributed by atoms with Crippen molar-refractivity contribution in [3.63, 3.8) is 0 Å². The molecule has 0 bridgehead atoms. The number of nitrogens with one attached hydrogen (secondary N) is 3. The van der Waals surface area contributed by atoms with Gasteiger partial charge in [-0.25, -0.2) is 4.79 Å². The summed E-state index contributed by atoms with van der Waals surface area (Å²) in [4.78, 5) is 77.1. The highest BCUT2D eigenvalue weighted by molar-refractivity contribution is 7.79. The predicted molar refractivity (Wildman–Crippen MR) is 187 cm³/mol. The third-order valence-corrected chi connectivity index (χ3v) is 8.78. The van der Waals surface area contributed by atoms with Crippen LogP contribution in [0.2, 0.25) is 0 Å². The minimum absolute atomic E-state index is 0.0665. The van der Waals surface area contributed by atoms with Crippen LogP contribution in [0.3, 0.4) is 0 Å². The molecule has 3 fully saturated rings. The van der Waals surface area contributed by atoms with Crippen LogP contribution < -0.4 is 21.7 Å². The number of hydrogen-bond acceptors (Lipinski definition) is 8. The van der Waals surface area contributed by atoms with Gasteiger partial charge in [-0.1, -0.05) is 102 Å². The molecule has 2 saturated carbocycles. The normalized spacial score (nSPS) is 18.4. The fraction of sp³-hybridized carbons (Fsp3) is 0.657. The van der Waals surface area contributed by atoms with Gasteiger partial charge in [0.25, 0.3) is 5.91 Å². The number of ketones is 1. The molecule has 12 nitrogen and oxygen atoms in total. The molecule has 1 aromatic rings. The Morgan fingerprint density at radius 2 is 1.50 bits per heavy atom. The molecule has 1 aromatic carbocycles. The maximum absolute atomic E-state index is 13.7. The Morgan fingerprint density at radius 1 is 0.896 bits per heavy atom. The number of benzene rings is 1. The number of ether oxygens (including phenoxy) is 1. The van der Waals surface area contributed by atoms with E-state index in [0.717, 1.165) is 24.8 Å². The number of urea groups is 1. The van der Waals surface area contributed by atoms with Crippen molar-refractivity contribution in [2.45, 2.75) is 116 Å². The largest absolute Gasteiger partial charge is 0.460 e. The maximum Gasteiger partial charge on any atom is 0.325 e. The maximum atomic E-state index is 13.7. The molecule has 3 atom stereocenters. The number of nitrogens with zero attached hydrogens (tertiary/aromatic N) is 1. The van der Waals surface area contributed by atoms with Crippen LogP contribution in [0.25, 0.3) is 0 Å². The first kappa shape index (κ1) is 40.6. The number of carbonyl (C=O) groups is 6. The highest BCUT2D eigenvalue weighted by atomic mass is 32.1. The zero-order chi connectivity index (χ0) is 35.7. The van der Waals surface area contributed by atoms with Gasteiger partial charge in [0.2, 0.25) is 17.6 Å². The molecule has 2 aliphatic carbocycles. The lowest BCUT2D eigenvalue weighted by atomic mass is 9.80. The van der Waals surface area contributed by atoms with Crippen molar-refractivity contribution >= 4 is 48.1 Å². The second-order valence-corrected chi connectivity index (χ2v) is 13.6. The summed E-state index contributed by atoms with van der Waals surface area (Å²) < 4.78 is 5.16. The van der Waals surface area contributed by atoms with Crippen LogP contribution in [0.15, 0.2) is 30.3 Å². The fourth-order valence-electron chi connectivity index (χ4n) is 5.86. The topological polar surface area (TPSA) is 177 Å². The van der Waals surface area contributed by atoms with Gasteiger partial charge in [-0.05, 0) is 42.4 Å². The summed E-state index contributed by atoms with van der Waals surface area (Å²) in [7, 11) is 0. The molecule has 3 aliphatic rings. The lowest BCUT2D eigenvalue weighted by molar-refractivity contribution is -0.143. The van der Waals surface area contributed by atoms with Crippen molar-refractivity contribution in [3.05, 3.63) is 35.9 Å². The molecule has 1 saturated heterocycles. The Morgan fingerprint density at radius 3 is 2.02 bits per heavy atom. The van der Waals surface area contributed by atoms with Crippen molar-refractivity contribution in [2.24, 2.45) is 17.1 Å². The Labute approximate surface area is 290 Å². The average molecular weight is 690 g/mol. The van der Waals surface area contributed by atoms with E-state index in [2.05, 4.69) is 28.6 Å². The molecule has 48 heavy (non-hydrogen) atoms. The minimum Gasteiger partial charge on any atom is -0.460 e. The van der Waals surface area contributed by atoms with Crippen LogP contribution in [-0.4, -0.2) is 77.9 Å². The van der Waals surface area contributed by atoms with E-state index in [-0.39, 0.29) is 19.1 Å². The number of amides is 5. The zero-order valence-electron chi connectivity index (χ0n) is 28.9. The predicted octanol–water partition coefficient (Wildman–Crippen LogP) is 3.66. The van der Waals surface area contributed by atoms with E-state index in [1.165, 1.54) is 37.0 Å². The number of carbonyl (C=O) groups excluding carboxylic acids is 6. The van der Waals surface area contributed by atoms with Crippen LogP contribution in [0.1, 0.15) is 97.0 Å². The summed E-state index contributed by atoms with van der Waals surface area (Å²) in [5.74, 6) is -3.37. The van der Waals surface area contributed by atoms with Crippen LogP contribution >= 0.6 is 12.6 Å². The Bertz CT molecular complexity index is 1210. The van der Waals surface area contributed by atoms with Gasteiger partial charge in [0.1, 0.15) is 25.2 Å². The molecule has 268 valence electrons. The number of Topliss-reactive ketones (excluding diaryl/α,β-unsaturated/α-hetero) is 1. The number of esters is 1. The van der Waals surface area contributed by atoms with Gasteiger partial charge in [-0.3, -0.25) is 24.0 Å². The number of thiol groups is 1. The zero-order valence-corrected chi connectivity index (χ0v) is 29.8. The Kier molecular flexibility index (Phi) is 17.5. The highest BCUT2D eigenvalue weighted by Gasteiger charge is 2.43. The van der Waals surface area contributed by atoms with Gasteiger partial charge in [-0.2, -0.15) is 12.6 Å². The molecule has 4 rings (SSSR count). The van der Waals surface area contributed by atoms with Crippen LogP contribution in [0.5, 0.6) is 0 Å². The summed E-state index contributed by atoms with van der Waals surface area (Å²) in [5, 5.41) is 7.73. The average Bonchev–Trinajstić information content (AvgIpc) is 3.79. The number of nitrogens with two attached hydrogens (primary N) is 1. The Balaban J connectivity index is 0.00000103. The molecule has 0 aromatic heterocycles. The quantitative estimate of drug-likeness (QED) is 0.126. The fourth-order valence-corrected chi connectivity index (χ4v) is 5.86. The van der Waals surface area contributed by atoms with Crippen molar-refractivity contribution in [2.75, 3.05) is 19.3 Å². The van der Waals surface area contributed by atoms with Crippen molar-refractivity contribution in [1.82, 2.24) is 20.9 Å². The van der Waals surface area contributed by atoms with E-state index in [4.69, 9.17) is 10.5 Å². The molecule has 2 unspecified atom stereocenters. The van der Waals surface area contributed by atoms with E-state index < -0.39 is 65.6 Å². The van der Waals surface area contributed by atoms with E-state index in [1.807, 2.05) is 30.3 Å². The molecule has 1 heterocycles. The minimum atomic E-state index is -1.11. The molecular formula is C35H55N5O7S. The smallest absolute Gasteiger partial charge is 0.325 e. The molecule has 1 aliphatic heterocycles. The number of hydrogen-bond donors (Lipinski definition) is 5. The Hall–Kier alpha value is -3.61. The van der Waals surface area contributed by atoms with Crippen LogP contribution in [-0.2, 0) is 35.3 Å². The SMILES string of the molecule is C1CCCC1.CC(C)(C)C(NC(=O)NCC(=O)OCc1ccccc1)C(=O)N1CCC[C@H]1C(=O)NC(CC1CCC1)C(=O)C(N)=O.CS. The van der Waals surface area contributed by atoms with Gasteiger partial charge in [0.05, 0.1) is 6.04 Å². The third kappa shape index (κ3) is 13.5. The lowest BCUT2D eigenvalue weighted by Crippen LogP contribution is -2.60. The monoisotopic (exact) mass is 689 g/mol. The van der Waals surface area contributed by atoms with Gasteiger partial charge < -0.3 is 31.3 Å². The summed E-state index contributed by atoms with van der Waals surface area (Å²) in [6.07, 6.45) is 13.3. The standard InChI is InChI=1S/C29H41N5O7.C5H10.CH4S/c1-29(2,3)24(33-28(40)31-16-22(35)41-17-19-9-5-4-6-10-19)27(39)34-14-8-13-21(34)26(38)32-20(23(36)25(30)37)15-18-11-7-12-18;1-2-4-5-3-1;1-2/h4-6,9-10,18,20-21,24H,7-8,11-17H2,1-3H3,(H2,30,37)(H,32,38)(H2,31,33,40);1-5H2;2H,1H3/t20?,21-,24?;;/m0../s1. The van der Waals surface area contributed by atoms with E-state index in [9.17, 15) is 28.8 Å². The molecule has 5 amide bonds. The van der Waals surface area contributed by atoms with Crippen molar-refractivity contribution in [3.8, 4) is 0 Å². The molecule has 13 heteroatoms. The van der Waals surface area contributed by atoms with Gasteiger partial charge in [0.15, 0.2) is 0 Å². The van der Waals surface area contributed by atoms with Crippen molar-refractivity contribution < 1.29 is 33.5 Å². The van der Waals surface area contributed by atoms with Gasteiger partial charge in [0, 0.05) is 6.54 Å². The molecule has 5 N–H and O–H groups in total. The third-order valence-electron chi connectivity index (χ3n) is 8.78. The molecule has 0 spiro atoms. The lowest BCUT2D eigenvalue weighted by Gasteiger charge is -2.36. The number of rotatable bonds is 12. The second-order valence-electron chi connectivity index (χ2n) is 13.6. The summed E-state index contributed by atoms with van der Waals surface area (Å²) in [6.45, 7) is 5.28. The van der Waals surface area contributed by atoms with E-state index >= 15 is 0 Å². The summed E-state index contributed by atoms with van der Waals surface area (Å²) in [6, 6.07) is 5.45. The van der Waals surface area contributed by atoms with Crippen LogP contribution in [0, 0.1) is 11.3 Å². The first-order valence-electron chi connectivity index (χ1n) is 17.0. The van der Waals surface area contributed by atoms with Gasteiger partial charge in [-0.15, -0.1) is 0 Å². The van der Waals surface area contributed by atoms with Gasteiger partial charge >= 0.3 is 12.0 Å². The highest BCUT2D eigenvalue weighted by Crippen LogP contribution is 2.31. The number of likely N-dealkylation sites (tertiary alicyclic amines) is 1. The van der Waals surface area contributed by atoms with Crippen molar-refractivity contribution in [1.29, 1.82) is 0 Å². The first-order chi connectivity index (χ1) is 22.9. The molecular weight excluding hydrogens is 634 g/mol. The second kappa shape index (κ2) is 20.7. The van der Waals surface area contributed by atoms with E-state index in [1.54, 1.807) is 27.0 Å². The molecule has 0 radical (unpaired) electrons. The van der Waals surface area contributed by atoms with Crippen LogP contribution in [0.4, 0.5) is 4.79 Å². The summed E-state index contributed by atoms with van der Waals surface area (Å²) >= 11 is 3.53. The number of primary amides is 1. The first-order valence-corrected chi connectivity index (χ1v) is 17.9.